The molecule has 2 aromatic rings. The van der Waals surface area contributed by atoms with Crippen LogP contribution in [-0.4, -0.2) is 11.1 Å². The first kappa shape index (κ1) is 12.9. The number of rotatable bonds is 4. The second-order valence-corrected chi connectivity index (χ2v) is 5.28. The zero-order valence-corrected chi connectivity index (χ0v) is 11.5. The Kier molecular flexibility index (Phi) is 3.54. The van der Waals surface area contributed by atoms with E-state index >= 15 is 0 Å². The van der Waals surface area contributed by atoms with Gasteiger partial charge in [0.05, 0.1) is 5.92 Å². The molecule has 1 fully saturated rings. The third-order valence-electron chi connectivity index (χ3n) is 3.70. The standard InChI is InChI=1S/C16H17NO3/c1-11-5-7-12(8-6-11)15-9-14(17-20-15)10-19-16(18)13-3-2-4-13/h5-9,13H,2-4,10H2,1H3. The summed E-state index contributed by atoms with van der Waals surface area (Å²) < 4.78 is 10.5. The molecule has 104 valence electrons. The van der Waals surface area contributed by atoms with Crippen LogP contribution in [0.3, 0.4) is 0 Å². The highest BCUT2D eigenvalue weighted by Gasteiger charge is 2.26. The van der Waals surface area contributed by atoms with Gasteiger partial charge in [-0.05, 0) is 19.8 Å². The van der Waals surface area contributed by atoms with Crippen LogP contribution in [0.25, 0.3) is 11.3 Å². The number of aryl methyl sites for hydroxylation is 1. The molecule has 1 aromatic carbocycles. The van der Waals surface area contributed by atoms with E-state index in [2.05, 4.69) is 5.16 Å². The second kappa shape index (κ2) is 5.49. The Labute approximate surface area is 117 Å². The van der Waals surface area contributed by atoms with Gasteiger partial charge in [-0.25, -0.2) is 0 Å². The maximum Gasteiger partial charge on any atom is 0.309 e. The number of hydrogen-bond donors (Lipinski definition) is 0. The van der Waals surface area contributed by atoms with Crippen LogP contribution < -0.4 is 0 Å². The average Bonchev–Trinajstić information content (AvgIpc) is 2.84. The van der Waals surface area contributed by atoms with Crippen molar-refractivity contribution >= 4 is 5.97 Å². The predicted molar refractivity (Wildman–Crippen MR) is 73.8 cm³/mol. The quantitative estimate of drug-likeness (QED) is 0.799. The lowest BCUT2D eigenvalue weighted by Gasteiger charge is -2.22. The van der Waals surface area contributed by atoms with Crippen molar-refractivity contribution < 1.29 is 14.1 Å². The minimum Gasteiger partial charge on any atom is -0.459 e. The molecular formula is C16H17NO3. The van der Waals surface area contributed by atoms with Gasteiger partial charge in [0, 0.05) is 11.6 Å². The van der Waals surface area contributed by atoms with Crippen LogP contribution in [-0.2, 0) is 16.1 Å². The molecule has 1 aliphatic carbocycles. The van der Waals surface area contributed by atoms with Crippen LogP contribution in [0.5, 0.6) is 0 Å². The lowest BCUT2D eigenvalue weighted by atomic mass is 9.86. The fraction of sp³-hybridized carbons (Fsp3) is 0.375. The van der Waals surface area contributed by atoms with Crippen LogP contribution in [0.2, 0.25) is 0 Å². The topological polar surface area (TPSA) is 52.3 Å². The Hall–Kier alpha value is -2.10. The number of hydrogen-bond acceptors (Lipinski definition) is 4. The molecular weight excluding hydrogens is 254 g/mol. The Balaban J connectivity index is 1.61. The normalized spacial score (nSPS) is 14.8. The zero-order chi connectivity index (χ0) is 13.9. The van der Waals surface area contributed by atoms with Crippen LogP contribution in [0.4, 0.5) is 0 Å². The van der Waals surface area contributed by atoms with E-state index < -0.39 is 0 Å². The molecule has 1 heterocycles. The van der Waals surface area contributed by atoms with E-state index in [1.807, 2.05) is 37.3 Å². The molecule has 4 nitrogen and oxygen atoms in total. The number of carbonyl (C=O) groups is 1. The summed E-state index contributed by atoms with van der Waals surface area (Å²) in [5.74, 6) is 0.675. The van der Waals surface area contributed by atoms with Gasteiger partial charge in [-0.2, -0.15) is 0 Å². The van der Waals surface area contributed by atoms with Crippen LogP contribution in [0.1, 0.15) is 30.5 Å². The number of carbonyl (C=O) groups excluding carboxylic acids is 1. The molecule has 0 amide bonds. The summed E-state index contributed by atoms with van der Waals surface area (Å²) in [5, 5.41) is 3.94. The summed E-state index contributed by atoms with van der Waals surface area (Å²) in [6, 6.07) is 9.83. The van der Waals surface area contributed by atoms with Gasteiger partial charge in [0.25, 0.3) is 0 Å². The summed E-state index contributed by atoms with van der Waals surface area (Å²) in [7, 11) is 0. The molecule has 0 unspecified atom stereocenters. The molecule has 0 atom stereocenters. The molecule has 1 aliphatic rings. The highest BCUT2D eigenvalue weighted by atomic mass is 16.5. The van der Waals surface area contributed by atoms with Gasteiger partial charge in [0.1, 0.15) is 12.3 Å². The van der Waals surface area contributed by atoms with E-state index in [4.69, 9.17) is 9.26 Å². The molecule has 0 spiro atoms. The highest BCUT2D eigenvalue weighted by Crippen LogP contribution is 2.28. The first-order valence-corrected chi connectivity index (χ1v) is 6.91. The van der Waals surface area contributed by atoms with Crippen LogP contribution >= 0.6 is 0 Å². The summed E-state index contributed by atoms with van der Waals surface area (Å²) in [6.45, 7) is 2.22. The molecule has 0 saturated heterocycles. The Morgan fingerprint density at radius 2 is 2.10 bits per heavy atom. The Morgan fingerprint density at radius 3 is 2.75 bits per heavy atom. The fourth-order valence-corrected chi connectivity index (χ4v) is 2.14. The third kappa shape index (κ3) is 2.74. The summed E-state index contributed by atoms with van der Waals surface area (Å²) in [4.78, 5) is 11.6. The third-order valence-corrected chi connectivity index (χ3v) is 3.70. The Bertz CT molecular complexity index is 596. The van der Waals surface area contributed by atoms with Gasteiger partial charge in [-0.1, -0.05) is 41.4 Å². The summed E-state index contributed by atoms with van der Waals surface area (Å²) in [6.07, 6.45) is 3.03. The van der Waals surface area contributed by atoms with Crippen molar-refractivity contribution in [3.63, 3.8) is 0 Å². The average molecular weight is 271 g/mol. The molecule has 20 heavy (non-hydrogen) atoms. The molecule has 1 aromatic heterocycles. The number of aromatic nitrogens is 1. The highest BCUT2D eigenvalue weighted by molar-refractivity contribution is 5.73. The molecule has 0 radical (unpaired) electrons. The first-order chi connectivity index (χ1) is 9.72. The molecule has 1 saturated carbocycles. The van der Waals surface area contributed by atoms with Crippen molar-refractivity contribution in [3.8, 4) is 11.3 Å². The van der Waals surface area contributed by atoms with Crippen LogP contribution in [0.15, 0.2) is 34.9 Å². The van der Waals surface area contributed by atoms with E-state index in [0.717, 1.165) is 24.8 Å². The van der Waals surface area contributed by atoms with E-state index in [1.54, 1.807) is 0 Å². The van der Waals surface area contributed by atoms with Gasteiger partial charge in [-0.3, -0.25) is 4.79 Å². The van der Waals surface area contributed by atoms with Crippen molar-refractivity contribution in [2.24, 2.45) is 5.92 Å². The van der Waals surface area contributed by atoms with E-state index in [1.165, 1.54) is 5.56 Å². The minimum absolute atomic E-state index is 0.0958. The number of esters is 1. The first-order valence-electron chi connectivity index (χ1n) is 6.91. The van der Waals surface area contributed by atoms with E-state index in [-0.39, 0.29) is 18.5 Å². The van der Waals surface area contributed by atoms with Crippen molar-refractivity contribution in [1.29, 1.82) is 0 Å². The van der Waals surface area contributed by atoms with Gasteiger partial charge in [0.2, 0.25) is 0 Å². The maximum absolute atomic E-state index is 11.6. The minimum atomic E-state index is -0.115. The molecule has 0 N–H and O–H groups in total. The largest absolute Gasteiger partial charge is 0.459 e. The maximum atomic E-state index is 11.6. The Morgan fingerprint density at radius 1 is 1.35 bits per heavy atom. The summed E-state index contributed by atoms with van der Waals surface area (Å²) in [5.41, 5.74) is 2.82. The molecule has 3 rings (SSSR count). The van der Waals surface area contributed by atoms with Crippen molar-refractivity contribution in [3.05, 3.63) is 41.6 Å². The fourth-order valence-electron chi connectivity index (χ4n) is 2.14. The summed E-state index contributed by atoms with van der Waals surface area (Å²) >= 11 is 0. The number of nitrogens with zero attached hydrogens (tertiary/aromatic N) is 1. The molecule has 4 heteroatoms. The van der Waals surface area contributed by atoms with Gasteiger partial charge >= 0.3 is 5.97 Å². The zero-order valence-electron chi connectivity index (χ0n) is 11.5. The lowest BCUT2D eigenvalue weighted by Crippen LogP contribution is -2.23. The lowest BCUT2D eigenvalue weighted by molar-refractivity contribution is -0.152. The van der Waals surface area contributed by atoms with Crippen molar-refractivity contribution in [2.45, 2.75) is 32.8 Å². The monoisotopic (exact) mass is 271 g/mol. The van der Waals surface area contributed by atoms with Gasteiger partial charge in [0.15, 0.2) is 5.76 Å². The van der Waals surface area contributed by atoms with Gasteiger partial charge < -0.3 is 9.26 Å². The van der Waals surface area contributed by atoms with Crippen molar-refractivity contribution in [1.82, 2.24) is 5.16 Å². The van der Waals surface area contributed by atoms with E-state index in [9.17, 15) is 4.79 Å². The second-order valence-electron chi connectivity index (χ2n) is 5.28. The van der Waals surface area contributed by atoms with Gasteiger partial charge in [-0.15, -0.1) is 0 Å². The van der Waals surface area contributed by atoms with E-state index in [0.29, 0.717) is 11.5 Å². The SMILES string of the molecule is Cc1ccc(-c2cc(COC(=O)C3CCC3)no2)cc1. The predicted octanol–water partition coefficient (Wildman–Crippen LogP) is 3.49. The molecule has 0 bridgehead atoms. The number of ether oxygens (including phenoxy) is 1. The smallest absolute Gasteiger partial charge is 0.309 e. The van der Waals surface area contributed by atoms with Crippen LogP contribution in [0, 0.1) is 12.8 Å². The van der Waals surface area contributed by atoms with Crippen molar-refractivity contribution in [2.75, 3.05) is 0 Å². The molecule has 0 aliphatic heterocycles. The number of benzene rings is 1.